The van der Waals surface area contributed by atoms with Gasteiger partial charge in [0.05, 0.1) is 12.2 Å². The fourth-order valence-electron chi connectivity index (χ4n) is 3.61. The zero-order valence-corrected chi connectivity index (χ0v) is 15.7. The largest absolute Gasteiger partial charge is 0.395 e. The third kappa shape index (κ3) is 4.10. The van der Waals surface area contributed by atoms with Crippen molar-refractivity contribution in [1.29, 1.82) is 0 Å². The SMILES string of the molecule is CCCN(CCO)CCCNc1cccc2c1C(=O)c1ccccc1C2=O. The minimum atomic E-state index is -0.101. The number of ketones is 2. The van der Waals surface area contributed by atoms with Gasteiger partial charge in [-0.15, -0.1) is 0 Å². The van der Waals surface area contributed by atoms with Crippen LogP contribution >= 0.6 is 0 Å². The van der Waals surface area contributed by atoms with Crippen LogP contribution in [0.1, 0.15) is 51.6 Å². The van der Waals surface area contributed by atoms with Crippen molar-refractivity contribution in [3.8, 4) is 0 Å². The van der Waals surface area contributed by atoms with Crippen molar-refractivity contribution in [2.75, 3.05) is 38.1 Å². The predicted octanol–water partition coefficient (Wildman–Crippen LogP) is 2.97. The van der Waals surface area contributed by atoms with Crippen LogP contribution in [0.25, 0.3) is 0 Å². The van der Waals surface area contributed by atoms with E-state index in [1.807, 2.05) is 12.1 Å². The summed E-state index contributed by atoms with van der Waals surface area (Å²) in [6, 6.07) is 12.4. The number of hydrogen-bond acceptors (Lipinski definition) is 5. The van der Waals surface area contributed by atoms with E-state index in [1.165, 1.54) is 0 Å². The molecule has 0 radical (unpaired) electrons. The second-order valence-corrected chi connectivity index (χ2v) is 6.78. The summed E-state index contributed by atoms with van der Waals surface area (Å²) in [7, 11) is 0. The van der Waals surface area contributed by atoms with E-state index in [0.717, 1.165) is 25.9 Å². The number of nitrogens with zero attached hydrogens (tertiary/aromatic N) is 1. The highest BCUT2D eigenvalue weighted by Gasteiger charge is 2.31. The van der Waals surface area contributed by atoms with E-state index in [9.17, 15) is 9.59 Å². The smallest absolute Gasteiger partial charge is 0.196 e. The molecule has 0 spiro atoms. The molecule has 1 aliphatic carbocycles. The van der Waals surface area contributed by atoms with Gasteiger partial charge < -0.3 is 15.3 Å². The Labute approximate surface area is 160 Å². The molecule has 1 aliphatic rings. The Balaban J connectivity index is 1.72. The van der Waals surface area contributed by atoms with Gasteiger partial charge in [0, 0.05) is 35.5 Å². The maximum absolute atomic E-state index is 13.0. The summed E-state index contributed by atoms with van der Waals surface area (Å²) in [5.74, 6) is -0.197. The van der Waals surface area contributed by atoms with Crippen molar-refractivity contribution in [1.82, 2.24) is 4.90 Å². The summed E-state index contributed by atoms with van der Waals surface area (Å²) >= 11 is 0. The lowest BCUT2D eigenvalue weighted by Gasteiger charge is -2.22. The van der Waals surface area contributed by atoms with Gasteiger partial charge in [-0.3, -0.25) is 9.59 Å². The molecule has 0 fully saturated rings. The first-order valence-electron chi connectivity index (χ1n) is 9.56. The Hall–Kier alpha value is -2.50. The van der Waals surface area contributed by atoms with Gasteiger partial charge in [-0.25, -0.2) is 0 Å². The maximum atomic E-state index is 13.0. The highest BCUT2D eigenvalue weighted by atomic mass is 16.3. The zero-order valence-electron chi connectivity index (χ0n) is 15.7. The van der Waals surface area contributed by atoms with Crippen molar-refractivity contribution >= 4 is 17.3 Å². The summed E-state index contributed by atoms with van der Waals surface area (Å²) in [6.45, 7) is 5.51. The molecule has 5 heteroatoms. The quantitative estimate of drug-likeness (QED) is 0.570. The topological polar surface area (TPSA) is 69.6 Å². The Morgan fingerprint density at radius 1 is 0.889 bits per heavy atom. The second-order valence-electron chi connectivity index (χ2n) is 6.78. The average Bonchev–Trinajstić information content (AvgIpc) is 2.69. The normalized spacial score (nSPS) is 12.9. The molecule has 0 atom stereocenters. The standard InChI is InChI=1S/C22H26N2O3/c1-2-12-24(14-15-25)13-6-11-23-19-10-5-9-18-20(19)22(27)17-8-4-3-7-16(17)21(18)26/h3-5,7-10,23,25H,2,6,11-15H2,1H3. The van der Waals surface area contributed by atoms with Gasteiger partial charge in [-0.05, 0) is 32.0 Å². The number of benzene rings is 2. The number of nitrogens with one attached hydrogen (secondary N) is 1. The molecule has 2 N–H and O–H groups in total. The van der Waals surface area contributed by atoms with Gasteiger partial charge in [-0.2, -0.15) is 0 Å². The summed E-state index contributed by atoms with van der Waals surface area (Å²) in [5.41, 5.74) is 2.61. The van der Waals surface area contributed by atoms with E-state index in [-0.39, 0.29) is 18.2 Å². The molecule has 0 bridgehead atoms. The lowest BCUT2D eigenvalue weighted by molar-refractivity contribution is 0.0979. The first kappa shape index (κ1) is 19.3. The van der Waals surface area contributed by atoms with Crippen molar-refractivity contribution in [2.24, 2.45) is 0 Å². The molecule has 3 rings (SSSR count). The van der Waals surface area contributed by atoms with E-state index in [0.29, 0.717) is 41.0 Å². The van der Waals surface area contributed by atoms with Crippen molar-refractivity contribution in [2.45, 2.75) is 19.8 Å². The van der Waals surface area contributed by atoms with E-state index in [2.05, 4.69) is 17.1 Å². The molecule has 0 aromatic heterocycles. The first-order chi connectivity index (χ1) is 13.2. The number of carbonyl (C=O) groups is 2. The third-order valence-corrected chi connectivity index (χ3v) is 4.88. The Kier molecular flexibility index (Phi) is 6.37. The van der Waals surface area contributed by atoms with Gasteiger partial charge in [0.2, 0.25) is 0 Å². The van der Waals surface area contributed by atoms with E-state index in [4.69, 9.17) is 5.11 Å². The van der Waals surface area contributed by atoms with Crippen LogP contribution in [0, 0.1) is 0 Å². The Morgan fingerprint density at radius 2 is 1.59 bits per heavy atom. The third-order valence-electron chi connectivity index (χ3n) is 4.88. The number of aliphatic hydroxyl groups excluding tert-OH is 1. The van der Waals surface area contributed by atoms with Gasteiger partial charge in [0.15, 0.2) is 11.6 Å². The number of fused-ring (bicyclic) bond motifs is 2. The molecule has 0 amide bonds. The van der Waals surface area contributed by atoms with Crippen LogP contribution in [0.5, 0.6) is 0 Å². The monoisotopic (exact) mass is 366 g/mol. The lowest BCUT2D eigenvalue weighted by atomic mass is 9.83. The number of aliphatic hydroxyl groups is 1. The molecule has 0 aliphatic heterocycles. The molecular weight excluding hydrogens is 340 g/mol. The molecule has 0 saturated carbocycles. The maximum Gasteiger partial charge on any atom is 0.196 e. The van der Waals surface area contributed by atoms with Crippen LogP contribution in [0.4, 0.5) is 5.69 Å². The second kappa shape index (κ2) is 8.93. The molecule has 2 aromatic rings. The number of carbonyl (C=O) groups excluding carboxylic acids is 2. The fraction of sp³-hybridized carbons (Fsp3) is 0.364. The Bertz CT molecular complexity index is 826. The summed E-state index contributed by atoms with van der Waals surface area (Å²) < 4.78 is 0. The van der Waals surface area contributed by atoms with Crippen LogP contribution in [0.3, 0.4) is 0 Å². The minimum Gasteiger partial charge on any atom is -0.395 e. The minimum absolute atomic E-state index is 0.0964. The number of hydrogen-bond donors (Lipinski definition) is 2. The predicted molar refractivity (Wildman–Crippen MR) is 107 cm³/mol. The van der Waals surface area contributed by atoms with Crippen LogP contribution in [0.2, 0.25) is 0 Å². The van der Waals surface area contributed by atoms with Gasteiger partial charge >= 0.3 is 0 Å². The van der Waals surface area contributed by atoms with Crippen LogP contribution in [-0.2, 0) is 0 Å². The summed E-state index contributed by atoms with van der Waals surface area (Å²) in [6.07, 6.45) is 1.94. The highest BCUT2D eigenvalue weighted by molar-refractivity contribution is 6.30. The van der Waals surface area contributed by atoms with Gasteiger partial charge in [-0.1, -0.05) is 43.3 Å². The Morgan fingerprint density at radius 3 is 2.30 bits per heavy atom. The molecule has 27 heavy (non-hydrogen) atoms. The molecule has 2 aromatic carbocycles. The van der Waals surface area contributed by atoms with Crippen molar-refractivity contribution in [3.63, 3.8) is 0 Å². The average molecular weight is 366 g/mol. The first-order valence-corrected chi connectivity index (χ1v) is 9.56. The van der Waals surface area contributed by atoms with Crippen LogP contribution in [-0.4, -0.2) is 54.4 Å². The van der Waals surface area contributed by atoms with Gasteiger partial charge in [0.25, 0.3) is 0 Å². The number of anilines is 1. The zero-order chi connectivity index (χ0) is 19.2. The van der Waals surface area contributed by atoms with Crippen molar-refractivity contribution in [3.05, 3.63) is 64.7 Å². The van der Waals surface area contributed by atoms with Crippen molar-refractivity contribution < 1.29 is 14.7 Å². The molecular formula is C22H26N2O3. The lowest BCUT2D eigenvalue weighted by Crippen LogP contribution is -2.30. The molecule has 5 nitrogen and oxygen atoms in total. The van der Waals surface area contributed by atoms with E-state index < -0.39 is 0 Å². The molecule has 0 saturated heterocycles. The summed E-state index contributed by atoms with van der Waals surface area (Å²) in [5, 5.41) is 12.5. The fourth-order valence-corrected chi connectivity index (χ4v) is 3.61. The molecule has 0 heterocycles. The molecule has 0 unspecified atom stereocenters. The highest BCUT2D eigenvalue weighted by Crippen LogP contribution is 2.31. The van der Waals surface area contributed by atoms with Gasteiger partial charge in [0.1, 0.15) is 0 Å². The number of rotatable bonds is 9. The van der Waals surface area contributed by atoms with Crippen LogP contribution in [0.15, 0.2) is 42.5 Å². The molecule has 142 valence electrons. The van der Waals surface area contributed by atoms with E-state index >= 15 is 0 Å². The van der Waals surface area contributed by atoms with Crippen LogP contribution < -0.4 is 5.32 Å². The van der Waals surface area contributed by atoms with E-state index in [1.54, 1.807) is 30.3 Å². The summed E-state index contributed by atoms with van der Waals surface area (Å²) in [4.78, 5) is 27.9.